The largest absolute Gasteiger partial charge is 0.550 e. The second kappa shape index (κ2) is 4.62. The molecule has 0 aliphatic carbocycles. The van der Waals surface area contributed by atoms with E-state index >= 15 is 0 Å². The topological polar surface area (TPSA) is 77.0 Å². The molecule has 3 N–H and O–H groups in total. The van der Waals surface area contributed by atoms with E-state index < -0.39 is 5.97 Å². The fourth-order valence-electron chi connectivity index (χ4n) is 1.20. The molecule has 0 radical (unpaired) electrons. The molecular weight excluding hydrogens is 182 g/mol. The van der Waals surface area contributed by atoms with Crippen LogP contribution in [0.2, 0.25) is 0 Å². The molecule has 0 aliphatic rings. The van der Waals surface area contributed by atoms with E-state index in [0.717, 1.165) is 11.3 Å². The standard InChI is InChI=1S/C10H13NO3/c1-14-8-4-2-7(3-5-8)9(11)6-10(12)13/h2-5,9H,6,11H2,1H3,(H,12,13)/t9-/m1/s1. The maximum absolute atomic E-state index is 10.3. The monoisotopic (exact) mass is 195 g/mol. The highest BCUT2D eigenvalue weighted by Gasteiger charge is 2.09. The van der Waals surface area contributed by atoms with Gasteiger partial charge in [-0.3, -0.25) is 0 Å². The Bertz CT molecular complexity index is 308. The van der Waals surface area contributed by atoms with Crippen molar-refractivity contribution in [1.29, 1.82) is 0 Å². The zero-order chi connectivity index (χ0) is 10.6. The Balaban J connectivity index is 2.71. The quantitative estimate of drug-likeness (QED) is 0.677. The minimum atomic E-state index is -1.08. The van der Waals surface area contributed by atoms with Crippen molar-refractivity contribution in [3.8, 4) is 5.75 Å². The summed E-state index contributed by atoms with van der Waals surface area (Å²) in [6.45, 7) is 0. The van der Waals surface area contributed by atoms with E-state index in [1.54, 1.807) is 31.4 Å². The van der Waals surface area contributed by atoms with Crippen LogP contribution < -0.4 is 15.6 Å². The summed E-state index contributed by atoms with van der Waals surface area (Å²) >= 11 is 0. The molecule has 4 heteroatoms. The van der Waals surface area contributed by atoms with Gasteiger partial charge in [0.05, 0.1) is 7.11 Å². The molecule has 1 rings (SSSR count). The number of ether oxygens (including phenoxy) is 1. The van der Waals surface area contributed by atoms with Crippen LogP contribution in [0.1, 0.15) is 18.0 Å². The normalized spacial score (nSPS) is 12.1. The lowest BCUT2D eigenvalue weighted by molar-refractivity contribution is -0.430. The number of carbonyl (C=O) groups is 1. The number of hydrogen-bond acceptors (Lipinski definition) is 3. The Kier molecular flexibility index (Phi) is 3.48. The first-order valence-electron chi connectivity index (χ1n) is 4.30. The summed E-state index contributed by atoms with van der Waals surface area (Å²) in [4.78, 5) is 10.3. The van der Waals surface area contributed by atoms with Crippen molar-refractivity contribution < 1.29 is 20.4 Å². The Morgan fingerprint density at radius 1 is 1.50 bits per heavy atom. The number of rotatable bonds is 4. The van der Waals surface area contributed by atoms with E-state index in [2.05, 4.69) is 5.73 Å². The second-order valence-corrected chi connectivity index (χ2v) is 3.05. The molecule has 1 aromatic carbocycles. The van der Waals surface area contributed by atoms with Gasteiger partial charge in [-0.05, 0) is 24.3 Å². The number of aliphatic carboxylic acids is 1. The number of benzene rings is 1. The van der Waals surface area contributed by atoms with Crippen molar-refractivity contribution >= 4 is 5.97 Å². The van der Waals surface area contributed by atoms with Gasteiger partial charge in [-0.1, -0.05) is 0 Å². The predicted octanol–water partition coefficient (Wildman–Crippen LogP) is -0.882. The molecule has 1 aromatic rings. The molecular formula is C10H13NO3. The third kappa shape index (κ3) is 2.74. The van der Waals surface area contributed by atoms with Crippen LogP contribution in [0.25, 0.3) is 0 Å². The number of carboxylic acid groups (broad SMARTS) is 1. The van der Waals surface area contributed by atoms with Crippen molar-refractivity contribution in [1.82, 2.24) is 0 Å². The summed E-state index contributed by atoms with van der Waals surface area (Å²) < 4.78 is 4.98. The van der Waals surface area contributed by atoms with Gasteiger partial charge >= 0.3 is 0 Å². The van der Waals surface area contributed by atoms with Crippen LogP contribution in [-0.2, 0) is 4.79 Å². The van der Waals surface area contributed by atoms with E-state index in [1.807, 2.05) is 0 Å². The molecule has 0 heterocycles. The maximum Gasteiger partial charge on any atom is 0.118 e. The number of quaternary nitrogens is 1. The fourth-order valence-corrected chi connectivity index (χ4v) is 1.20. The Morgan fingerprint density at radius 2 is 2.07 bits per heavy atom. The van der Waals surface area contributed by atoms with Crippen LogP contribution in [0.5, 0.6) is 5.75 Å². The van der Waals surface area contributed by atoms with Gasteiger partial charge in [0.25, 0.3) is 0 Å². The molecule has 0 bridgehead atoms. The lowest BCUT2D eigenvalue weighted by atomic mass is 10.1. The van der Waals surface area contributed by atoms with E-state index in [0.29, 0.717) is 0 Å². The highest BCUT2D eigenvalue weighted by molar-refractivity contribution is 5.65. The average molecular weight is 195 g/mol. The molecule has 1 atom stereocenters. The third-order valence-electron chi connectivity index (χ3n) is 2.00. The predicted molar refractivity (Wildman–Crippen MR) is 48.2 cm³/mol. The highest BCUT2D eigenvalue weighted by atomic mass is 16.5. The molecule has 76 valence electrons. The molecule has 4 nitrogen and oxygen atoms in total. The molecule has 0 spiro atoms. The van der Waals surface area contributed by atoms with Crippen molar-refractivity contribution in [3.63, 3.8) is 0 Å². The number of carbonyl (C=O) groups excluding carboxylic acids is 1. The summed E-state index contributed by atoms with van der Waals surface area (Å²) in [6, 6.07) is 6.90. The van der Waals surface area contributed by atoms with Crippen molar-refractivity contribution in [2.75, 3.05) is 7.11 Å². The van der Waals surface area contributed by atoms with Crippen LogP contribution >= 0.6 is 0 Å². The minimum absolute atomic E-state index is 0.0632. The van der Waals surface area contributed by atoms with Gasteiger partial charge in [0.2, 0.25) is 0 Å². The fraction of sp³-hybridized carbons (Fsp3) is 0.300. The zero-order valence-corrected chi connectivity index (χ0v) is 8.03. The summed E-state index contributed by atoms with van der Waals surface area (Å²) in [5.74, 6) is -0.338. The first-order chi connectivity index (χ1) is 6.63. The first-order valence-corrected chi connectivity index (χ1v) is 4.30. The number of carboxylic acids is 1. The molecule has 0 amide bonds. The molecule has 14 heavy (non-hydrogen) atoms. The Labute approximate surface area is 82.3 Å². The van der Waals surface area contributed by atoms with Crippen molar-refractivity contribution in [2.24, 2.45) is 0 Å². The van der Waals surface area contributed by atoms with Crippen LogP contribution in [0.15, 0.2) is 24.3 Å². The SMILES string of the molecule is COc1ccc([C@H]([NH3+])CC(=O)[O-])cc1. The number of methoxy groups -OCH3 is 1. The van der Waals surface area contributed by atoms with Gasteiger partial charge in [0.15, 0.2) is 0 Å². The minimum Gasteiger partial charge on any atom is -0.550 e. The van der Waals surface area contributed by atoms with Gasteiger partial charge in [0, 0.05) is 18.0 Å². The molecule has 0 unspecified atom stereocenters. The maximum atomic E-state index is 10.3. The van der Waals surface area contributed by atoms with Crippen LogP contribution in [0.3, 0.4) is 0 Å². The Morgan fingerprint density at radius 3 is 2.50 bits per heavy atom. The van der Waals surface area contributed by atoms with Gasteiger partial charge in [0.1, 0.15) is 11.8 Å². The van der Waals surface area contributed by atoms with Crippen LogP contribution in [-0.4, -0.2) is 13.1 Å². The summed E-state index contributed by atoms with van der Waals surface area (Å²) in [7, 11) is 1.58. The number of hydrogen-bond donors (Lipinski definition) is 1. The second-order valence-electron chi connectivity index (χ2n) is 3.05. The van der Waals surface area contributed by atoms with E-state index in [4.69, 9.17) is 4.74 Å². The molecule has 0 fully saturated rings. The molecule has 0 aromatic heterocycles. The summed E-state index contributed by atoms with van der Waals surface area (Å²) in [5, 5.41) is 10.3. The average Bonchev–Trinajstić information content (AvgIpc) is 2.17. The van der Waals surface area contributed by atoms with Crippen LogP contribution in [0, 0.1) is 0 Å². The van der Waals surface area contributed by atoms with Gasteiger partial charge in [-0.25, -0.2) is 0 Å². The smallest absolute Gasteiger partial charge is 0.118 e. The lowest BCUT2D eigenvalue weighted by Crippen LogP contribution is -2.55. The van der Waals surface area contributed by atoms with Gasteiger partial charge in [-0.15, -0.1) is 0 Å². The zero-order valence-electron chi connectivity index (χ0n) is 8.03. The summed E-state index contributed by atoms with van der Waals surface area (Å²) in [6.07, 6.45) is -0.0632. The molecule has 0 aliphatic heterocycles. The highest BCUT2D eigenvalue weighted by Crippen LogP contribution is 2.16. The third-order valence-corrected chi connectivity index (χ3v) is 2.00. The molecule has 0 saturated heterocycles. The van der Waals surface area contributed by atoms with E-state index in [-0.39, 0.29) is 12.5 Å². The van der Waals surface area contributed by atoms with Crippen molar-refractivity contribution in [2.45, 2.75) is 12.5 Å². The first kappa shape index (κ1) is 10.5. The van der Waals surface area contributed by atoms with Gasteiger partial charge in [-0.2, -0.15) is 0 Å². The summed E-state index contributed by atoms with van der Waals surface area (Å²) in [5.41, 5.74) is 4.61. The molecule has 0 saturated carbocycles. The Hall–Kier alpha value is -1.55. The van der Waals surface area contributed by atoms with E-state index in [1.165, 1.54) is 0 Å². The van der Waals surface area contributed by atoms with E-state index in [9.17, 15) is 9.90 Å². The van der Waals surface area contributed by atoms with Gasteiger partial charge < -0.3 is 20.4 Å². The van der Waals surface area contributed by atoms with Crippen molar-refractivity contribution in [3.05, 3.63) is 29.8 Å². The van der Waals surface area contributed by atoms with Crippen LogP contribution in [0.4, 0.5) is 0 Å². The lowest BCUT2D eigenvalue weighted by Gasteiger charge is -2.09.